The van der Waals surface area contributed by atoms with Crippen LogP contribution < -0.4 is 11.3 Å². The van der Waals surface area contributed by atoms with Gasteiger partial charge in [-0.05, 0) is 19.1 Å². The molecule has 0 radical (unpaired) electrons. The lowest BCUT2D eigenvalue weighted by atomic mass is 10.1. The van der Waals surface area contributed by atoms with Crippen molar-refractivity contribution in [1.82, 2.24) is 9.55 Å². The minimum Gasteiger partial charge on any atom is -0.385 e. The van der Waals surface area contributed by atoms with Gasteiger partial charge in [0.1, 0.15) is 5.82 Å². The molecule has 27 heavy (non-hydrogen) atoms. The van der Waals surface area contributed by atoms with E-state index in [9.17, 15) is 14.4 Å². The summed E-state index contributed by atoms with van der Waals surface area (Å²) >= 11 is 1.14. The maximum absolute atomic E-state index is 12.5. The maximum atomic E-state index is 12.5. The minimum absolute atomic E-state index is 0.0563. The second-order valence-corrected chi connectivity index (χ2v) is 6.76. The third-order valence-corrected chi connectivity index (χ3v) is 4.83. The van der Waals surface area contributed by atoms with Gasteiger partial charge in [0.05, 0.1) is 5.75 Å². The molecule has 3 rings (SSSR count). The van der Waals surface area contributed by atoms with E-state index in [4.69, 9.17) is 5.73 Å². The third kappa shape index (κ3) is 4.32. The first-order valence-corrected chi connectivity index (χ1v) is 9.16. The number of para-hydroxylation sites is 1. The van der Waals surface area contributed by atoms with Gasteiger partial charge < -0.3 is 5.73 Å². The van der Waals surface area contributed by atoms with Crippen LogP contribution in [0.4, 0.5) is 5.82 Å². The van der Waals surface area contributed by atoms with Crippen molar-refractivity contribution in [2.75, 3.05) is 11.5 Å². The molecular formula is C20H17N3O3S. The second kappa shape index (κ2) is 8.01. The number of thioether (sulfide) groups is 1. The van der Waals surface area contributed by atoms with Crippen LogP contribution in [0.2, 0.25) is 0 Å². The molecule has 7 heteroatoms. The van der Waals surface area contributed by atoms with E-state index < -0.39 is 5.56 Å². The van der Waals surface area contributed by atoms with Crippen LogP contribution in [0.1, 0.15) is 27.6 Å². The first-order valence-electron chi connectivity index (χ1n) is 8.17. The molecule has 0 aliphatic rings. The molecule has 0 atom stereocenters. The molecule has 0 aliphatic carbocycles. The number of benzene rings is 2. The molecule has 3 aromatic rings. The molecule has 0 aliphatic heterocycles. The quantitative estimate of drug-likeness (QED) is 0.402. The molecule has 0 fully saturated rings. The van der Waals surface area contributed by atoms with Crippen molar-refractivity contribution >= 4 is 29.1 Å². The Morgan fingerprint density at radius 2 is 1.67 bits per heavy atom. The average molecular weight is 379 g/mol. The van der Waals surface area contributed by atoms with Crippen molar-refractivity contribution in [2.45, 2.75) is 12.1 Å². The van der Waals surface area contributed by atoms with Crippen LogP contribution in [0.25, 0.3) is 5.69 Å². The number of nitrogens with two attached hydrogens (primary N) is 1. The Morgan fingerprint density at radius 3 is 2.30 bits per heavy atom. The standard InChI is InChI=1S/C20H17N3O3S/c1-13(24)14-7-9-15(10-8-14)17(25)12-27-20-22-19(26)11-18(21)23(20)16-5-3-2-4-6-16/h2-11H,12,21H2,1H3. The van der Waals surface area contributed by atoms with Gasteiger partial charge in [-0.2, -0.15) is 4.98 Å². The van der Waals surface area contributed by atoms with E-state index in [1.165, 1.54) is 13.0 Å². The highest BCUT2D eigenvalue weighted by molar-refractivity contribution is 7.99. The van der Waals surface area contributed by atoms with Crippen LogP contribution in [-0.2, 0) is 0 Å². The van der Waals surface area contributed by atoms with E-state index in [0.29, 0.717) is 16.3 Å². The first kappa shape index (κ1) is 18.6. The number of carbonyl (C=O) groups is 2. The van der Waals surface area contributed by atoms with E-state index >= 15 is 0 Å². The summed E-state index contributed by atoms with van der Waals surface area (Å²) in [5.74, 6) is 0.148. The fraction of sp³-hybridized carbons (Fsp3) is 0.100. The SMILES string of the molecule is CC(=O)c1ccc(C(=O)CSc2nc(=O)cc(N)n2-c2ccccc2)cc1. The highest BCUT2D eigenvalue weighted by atomic mass is 32.2. The normalized spacial score (nSPS) is 10.6. The van der Waals surface area contributed by atoms with Crippen LogP contribution in [0.3, 0.4) is 0 Å². The largest absolute Gasteiger partial charge is 0.385 e. The summed E-state index contributed by atoms with van der Waals surface area (Å²) in [5, 5.41) is 0.347. The van der Waals surface area contributed by atoms with Gasteiger partial charge in [-0.15, -0.1) is 0 Å². The topological polar surface area (TPSA) is 95.0 Å². The van der Waals surface area contributed by atoms with Gasteiger partial charge in [-0.25, -0.2) is 0 Å². The monoisotopic (exact) mass is 379 g/mol. The van der Waals surface area contributed by atoms with Crippen LogP contribution in [-0.4, -0.2) is 26.9 Å². The Morgan fingerprint density at radius 1 is 1.04 bits per heavy atom. The van der Waals surface area contributed by atoms with E-state index in [0.717, 1.165) is 17.4 Å². The van der Waals surface area contributed by atoms with Crippen molar-refractivity contribution in [3.05, 3.63) is 82.1 Å². The molecule has 136 valence electrons. The summed E-state index contributed by atoms with van der Waals surface area (Å²) in [6.45, 7) is 1.47. The fourth-order valence-corrected chi connectivity index (χ4v) is 3.44. The zero-order chi connectivity index (χ0) is 19.4. The van der Waals surface area contributed by atoms with E-state index in [1.54, 1.807) is 28.8 Å². The number of hydrogen-bond acceptors (Lipinski definition) is 6. The van der Waals surface area contributed by atoms with Crippen molar-refractivity contribution in [2.24, 2.45) is 0 Å². The Labute approximate surface area is 160 Å². The number of anilines is 1. The number of nitrogen functional groups attached to an aromatic ring is 1. The lowest BCUT2D eigenvalue weighted by Gasteiger charge is -2.14. The lowest BCUT2D eigenvalue weighted by Crippen LogP contribution is -2.17. The van der Waals surface area contributed by atoms with Gasteiger partial charge in [0.25, 0.3) is 5.56 Å². The van der Waals surface area contributed by atoms with Gasteiger partial charge in [0.15, 0.2) is 16.7 Å². The van der Waals surface area contributed by atoms with Crippen molar-refractivity contribution in [3.63, 3.8) is 0 Å². The van der Waals surface area contributed by atoms with Crippen LogP contribution >= 0.6 is 11.8 Å². The van der Waals surface area contributed by atoms with Crippen LogP contribution in [0.15, 0.2) is 70.6 Å². The third-order valence-electron chi connectivity index (χ3n) is 3.89. The van der Waals surface area contributed by atoms with Gasteiger partial charge in [-0.1, -0.05) is 54.2 Å². The Bertz CT molecular complexity index is 1040. The van der Waals surface area contributed by atoms with Gasteiger partial charge >= 0.3 is 0 Å². The number of Topliss-reactive ketones (excluding diaryl/α,β-unsaturated/α-hetero) is 2. The summed E-state index contributed by atoms with van der Waals surface area (Å²) in [4.78, 5) is 39.6. The molecule has 1 heterocycles. The molecular weight excluding hydrogens is 362 g/mol. The Hall–Kier alpha value is -3.19. The van der Waals surface area contributed by atoms with Crippen molar-refractivity contribution in [1.29, 1.82) is 0 Å². The van der Waals surface area contributed by atoms with E-state index in [-0.39, 0.29) is 23.1 Å². The van der Waals surface area contributed by atoms with Crippen molar-refractivity contribution in [3.8, 4) is 5.69 Å². The predicted molar refractivity (Wildman–Crippen MR) is 106 cm³/mol. The molecule has 0 spiro atoms. The van der Waals surface area contributed by atoms with E-state index in [2.05, 4.69) is 4.98 Å². The number of hydrogen-bond donors (Lipinski definition) is 1. The second-order valence-electron chi connectivity index (χ2n) is 5.82. The summed E-state index contributed by atoms with van der Waals surface area (Å²) in [6, 6.07) is 17.0. The summed E-state index contributed by atoms with van der Waals surface area (Å²) in [6.07, 6.45) is 0. The van der Waals surface area contributed by atoms with Gasteiger partial charge in [0, 0.05) is 22.9 Å². The molecule has 6 nitrogen and oxygen atoms in total. The van der Waals surface area contributed by atoms with Gasteiger partial charge in [0.2, 0.25) is 0 Å². The average Bonchev–Trinajstić information content (AvgIpc) is 2.66. The molecule has 0 saturated carbocycles. The lowest BCUT2D eigenvalue weighted by molar-refractivity contribution is 0.100. The number of ketones is 2. The minimum atomic E-state index is -0.458. The zero-order valence-corrected chi connectivity index (χ0v) is 15.4. The molecule has 0 amide bonds. The first-order chi connectivity index (χ1) is 13.0. The smallest absolute Gasteiger partial charge is 0.275 e. The van der Waals surface area contributed by atoms with E-state index in [1.807, 2.05) is 30.3 Å². The summed E-state index contributed by atoms with van der Waals surface area (Å²) < 4.78 is 1.64. The highest BCUT2D eigenvalue weighted by Crippen LogP contribution is 2.23. The van der Waals surface area contributed by atoms with Crippen molar-refractivity contribution < 1.29 is 9.59 Å². The number of aromatic nitrogens is 2. The Balaban J connectivity index is 1.84. The molecule has 2 N–H and O–H groups in total. The fourth-order valence-electron chi connectivity index (χ4n) is 2.52. The molecule has 1 aromatic heterocycles. The number of carbonyl (C=O) groups excluding carboxylic acids is 2. The summed E-state index contributed by atoms with van der Waals surface area (Å²) in [5.41, 5.74) is 7.35. The molecule has 2 aromatic carbocycles. The number of rotatable bonds is 6. The maximum Gasteiger partial charge on any atom is 0.275 e. The highest BCUT2D eigenvalue weighted by Gasteiger charge is 2.14. The predicted octanol–water partition coefficient (Wildman–Crippen LogP) is 2.99. The summed E-state index contributed by atoms with van der Waals surface area (Å²) in [7, 11) is 0. The zero-order valence-electron chi connectivity index (χ0n) is 14.6. The van der Waals surface area contributed by atoms with Crippen LogP contribution in [0.5, 0.6) is 0 Å². The van der Waals surface area contributed by atoms with Gasteiger partial charge in [-0.3, -0.25) is 19.0 Å². The number of nitrogens with zero attached hydrogens (tertiary/aromatic N) is 2. The molecule has 0 saturated heterocycles. The molecule has 0 unspecified atom stereocenters. The van der Waals surface area contributed by atoms with Crippen LogP contribution in [0, 0.1) is 0 Å². The Kier molecular flexibility index (Phi) is 5.52. The molecule has 0 bridgehead atoms.